The molecule has 0 saturated carbocycles. The molecule has 3 aromatic heterocycles. The van der Waals surface area contributed by atoms with Crippen LogP contribution in [-0.4, -0.2) is 28.6 Å². The van der Waals surface area contributed by atoms with Crippen molar-refractivity contribution >= 4 is 27.3 Å². The van der Waals surface area contributed by atoms with E-state index in [1.807, 2.05) is 41.9 Å². The maximum Gasteiger partial charge on any atom is 0.345 e. The molecule has 0 bridgehead atoms. The molecule has 0 radical (unpaired) electrons. The Bertz CT molecular complexity index is 1140. The summed E-state index contributed by atoms with van der Waals surface area (Å²) in [6.07, 6.45) is 5.01. The number of rotatable bonds is 3. The number of ether oxygens (including phenoxy) is 1. The van der Waals surface area contributed by atoms with E-state index in [0.717, 1.165) is 35.6 Å². The molecule has 6 nitrogen and oxygen atoms in total. The van der Waals surface area contributed by atoms with E-state index in [1.54, 1.807) is 17.4 Å². The predicted octanol–water partition coefficient (Wildman–Crippen LogP) is 3.22. The molecule has 0 spiro atoms. The fourth-order valence-corrected chi connectivity index (χ4v) is 4.11. The summed E-state index contributed by atoms with van der Waals surface area (Å²) in [6, 6.07) is 7.46. The first kappa shape index (κ1) is 15.6. The van der Waals surface area contributed by atoms with E-state index >= 15 is 0 Å². The Morgan fingerprint density at radius 2 is 2.27 bits per heavy atom. The second-order valence-corrected chi connectivity index (χ2v) is 7.75. The number of nitrogens with zero attached hydrogens (tertiary/aromatic N) is 2. The first-order chi connectivity index (χ1) is 12.7. The highest BCUT2D eigenvalue weighted by Crippen LogP contribution is 2.26. The van der Waals surface area contributed by atoms with Gasteiger partial charge in [0.2, 0.25) is 0 Å². The maximum atomic E-state index is 12.5. The molecular weight excluding hydrogens is 350 g/mol. The minimum atomic E-state index is -0.389. The van der Waals surface area contributed by atoms with Crippen molar-refractivity contribution in [3.05, 3.63) is 52.0 Å². The SMILES string of the molecule is Cc1cn2cc(-c3cc4ccc(OC5CCNC5)cc4oc3=O)nc2s1. The Morgan fingerprint density at radius 3 is 3.08 bits per heavy atom. The molecule has 1 aliphatic rings. The number of hydrogen-bond donors (Lipinski definition) is 1. The average molecular weight is 367 g/mol. The van der Waals surface area contributed by atoms with Crippen molar-refractivity contribution < 1.29 is 9.15 Å². The van der Waals surface area contributed by atoms with Gasteiger partial charge in [0.15, 0.2) is 4.96 Å². The van der Waals surface area contributed by atoms with Crippen LogP contribution in [0.25, 0.3) is 27.2 Å². The molecule has 4 aromatic rings. The van der Waals surface area contributed by atoms with Crippen molar-refractivity contribution in [1.82, 2.24) is 14.7 Å². The van der Waals surface area contributed by atoms with Crippen LogP contribution in [0.2, 0.25) is 0 Å². The standard InChI is InChI=1S/C19H17N3O3S/c1-11-9-22-10-16(21-19(22)26-11)15-6-12-2-3-13(7-17(12)25-18(15)23)24-14-4-5-20-8-14/h2-3,6-7,9-10,14,20H,4-5,8H2,1H3. The zero-order valence-electron chi connectivity index (χ0n) is 14.2. The lowest BCUT2D eigenvalue weighted by Gasteiger charge is -2.12. The fraction of sp³-hybridized carbons (Fsp3) is 0.263. The topological polar surface area (TPSA) is 68.8 Å². The van der Waals surface area contributed by atoms with E-state index in [4.69, 9.17) is 9.15 Å². The Labute approximate surface area is 153 Å². The van der Waals surface area contributed by atoms with Crippen LogP contribution in [-0.2, 0) is 0 Å². The molecular formula is C19H17N3O3S. The average Bonchev–Trinajstić information content (AvgIpc) is 3.30. The first-order valence-electron chi connectivity index (χ1n) is 8.56. The minimum absolute atomic E-state index is 0.167. The largest absolute Gasteiger partial charge is 0.489 e. The van der Waals surface area contributed by atoms with Gasteiger partial charge in [-0.25, -0.2) is 9.78 Å². The number of hydrogen-bond acceptors (Lipinski definition) is 6. The summed E-state index contributed by atoms with van der Waals surface area (Å²) in [5.41, 5.74) is 1.24. The number of thiazole rings is 1. The number of imidazole rings is 1. The molecule has 1 aliphatic heterocycles. The fourth-order valence-electron chi connectivity index (χ4n) is 3.31. The quantitative estimate of drug-likeness (QED) is 0.563. The molecule has 4 heterocycles. The van der Waals surface area contributed by atoms with Gasteiger partial charge in [-0.2, -0.15) is 0 Å². The lowest BCUT2D eigenvalue weighted by atomic mass is 10.1. The molecule has 1 unspecified atom stereocenters. The number of benzene rings is 1. The van der Waals surface area contributed by atoms with Crippen LogP contribution in [0.1, 0.15) is 11.3 Å². The normalized spacial score (nSPS) is 17.3. The second-order valence-electron chi connectivity index (χ2n) is 6.54. The Kier molecular flexibility index (Phi) is 3.58. The van der Waals surface area contributed by atoms with E-state index < -0.39 is 0 Å². The highest BCUT2D eigenvalue weighted by Gasteiger charge is 2.17. The van der Waals surface area contributed by atoms with E-state index in [2.05, 4.69) is 10.3 Å². The predicted molar refractivity (Wildman–Crippen MR) is 101 cm³/mol. The second kappa shape index (κ2) is 5.96. The molecule has 1 fully saturated rings. The summed E-state index contributed by atoms with van der Waals surface area (Å²) >= 11 is 1.59. The molecule has 5 rings (SSSR count). The molecule has 0 amide bonds. The third-order valence-electron chi connectivity index (χ3n) is 4.57. The van der Waals surface area contributed by atoms with E-state index in [-0.39, 0.29) is 11.7 Å². The number of nitrogens with one attached hydrogen (secondary N) is 1. The maximum absolute atomic E-state index is 12.5. The molecule has 0 aliphatic carbocycles. The van der Waals surface area contributed by atoms with Gasteiger partial charge in [-0.15, -0.1) is 11.3 Å². The van der Waals surface area contributed by atoms with Crippen LogP contribution in [0.15, 0.2) is 45.9 Å². The zero-order valence-corrected chi connectivity index (χ0v) is 15.0. The number of aromatic nitrogens is 2. The van der Waals surface area contributed by atoms with Crippen LogP contribution in [0.3, 0.4) is 0 Å². The first-order valence-corrected chi connectivity index (χ1v) is 9.38. The summed E-state index contributed by atoms with van der Waals surface area (Å²) in [5, 5.41) is 4.12. The Balaban J connectivity index is 1.53. The van der Waals surface area contributed by atoms with Crippen LogP contribution in [0.4, 0.5) is 0 Å². The van der Waals surface area contributed by atoms with E-state index in [0.29, 0.717) is 16.8 Å². The zero-order chi connectivity index (χ0) is 17.7. The van der Waals surface area contributed by atoms with Crippen LogP contribution < -0.4 is 15.7 Å². The van der Waals surface area contributed by atoms with Crippen LogP contribution >= 0.6 is 11.3 Å². The van der Waals surface area contributed by atoms with Gasteiger partial charge in [0.25, 0.3) is 0 Å². The van der Waals surface area contributed by atoms with Gasteiger partial charge < -0.3 is 14.5 Å². The number of fused-ring (bicyclic) bond motifs is 2. The summed E-state index contributed by atoms with van der Waals surface area (Å²) in [5.74, 6) is 0.722. The van der Waals surface area contributed by atoms with Crippen LogP contribution in [0.5, 0.6) is 5.75 Å². The lowest BCUT2D eigenvalue weighted by molar-refractivity contribution is 0.223. The van der Waals surface area contributed by atoms with Gasteiger partial charge >= 0.3 is 5.63 Å². The van der Waals surface area contributed by atoms with Gasteiger partial charge in [-0.1, -0.05) is 0 Å². The van der Waals surface area contributed by atoms with Crippen molar-refractivity contribution in [1.29, 1.82) is 0 Å². The van der Waals surface area contributed by atoms with Crippen LogP contribution in [0, 0.1) is 6.92 Å². The molecule has 1 N–H and O–H groups in total. The van der Waals surface area contributed by atoms with E-state index in [1.165, 1.54) is 4.88 Å². The van der Waals surface area contributed by atoms with Crippen molar-refractivity contribution in [3.63, 3.8) is 0 Å². The molecule has 1 saturated heterocycles. The molecule has 1 aromatic carbocycles. The summed E-state index contributed by atoms with van der Waals surface area (Å²) in [7, 11) is 0. The minimum Gasteiger partial charge on any atom is -0.489 e. The summed E-state index contributed by atoms with van der Waals surface area (Å²) in [4.78, 5) is 19.1. The smallest absolute Gasteiger partial charge is 0.345 e. The van der Waals surface area contributed by atoms with Gasteiger partial charge in [0, 0.05) is 35.3 Å². The monoisotopic (exact) mass is 367 g/mol. The molecule has 26 heavy (non-hydrogen) atoms. The molecule has 1 atom stereocenters. The Morgan fingerprint density at radius 1 is 1.35 bits per heavy atom. The van der Waals surface area contributed by atoms with Gasteiger partial charge in [0.05, 0.1) is 11.3 Å². The Hall–Kier alpha value is -2.64. The summed E-state index contributed by atoms with van der Waals surface area (Å²) < 4.78 is 13.4. The molecule has 7 heteroatoms. The van der Waals surface area contributed by atoms with Crippen molar-refractivity contribution in [2.24, 2.45) is 0 Å². The van der Waals surface area contributed by atoms with Crippen molar-refractivity contribution in [2.75, 3.05) is 13.1 Å². The highest BCUT2D eigenvalue weighted by atomic mass is 32.1. The van der Waals surface area contributed by atoms with Crippen molar-refractivity contribution in [3.8, 4) is 17.0 Å². The van der Waals surface area contributed by atoms with Gasteiger partial charge in [-0.05, 0) is 38.1 Å². The van der Waals surface area contributed by atoms with E-state index in [9.17, 15) is 4.79 Å². The molecule has 132 valence electrons. The highest BCUT2D eigenvalue weighted by molar-refractivity contribution is 7.17. The third kappa shape index (κ3) is 2.69. The number of aryl methyl sites for hydroxylation is 1. The van der Waals surface area contributed by atoms with Gasteiger partial charge in [0.1, 0.15) is 17.4 Å². The lowest BCUT2D eigenvalue weighted by Crippen LogP contribution is -2.19. The third-order valence-corrected chi connectivity index (χ3v) is 5.48. The van der Waals surface area contributed by atoms with Crippen molar-refractivity contribution in [2.45, 2.75) is 19.4 Å². The van der Waals surface area contributed by atoms with Gasteiger partial charge in [-0.3, -0.25) is 4.40 Å². The summed E-state index contributed by atoms with van der Waals surface area (Å²) in [6.45, 7) is 3.85.